The minimum absolute atomic E-state index is 0.00330. The summed E-state index contributed by atoms with van der Waals surface area (Å²) >= 11 is 1.07. The number of carbonyl (C=O) groups excluding carboxylic acids is 1. The molecule has 0 atom stereocenters. The van der Waals surface area contributed by atoms with Crippen LogP contribution in [0.2, 0.25) is 0 Å². The molecule has 3 rings (SSSR count). The second-order valence-electron chi connectivity index (χ2n) is 5.42. The first-order chi connectivity index (χ1) is 11.6. The Balaban J connectivity index is 1.61. The van der Waals surface area contributed by atoms with Gasteiger partial charge >= 0.3 is 5.97 Å². The second kappa shape index (κ2) is 7.29. The molecule has 1 heterocycles. The first-order valence-electron chi connectivity index (χ1n) is 7.55. The van der Waals surface area contributed by atoms with E-state index in [2.05, 4.69) is 4.72 Å². The van der Waals surface area contributed by atoms with Gasteiger partial charge in [-0.2, -0.15) is 0 Å². The number of ether oxygens (including phenoxy) is 1. The van der Waals surface area contributed by atoms with Crippen LogP contribution in [0.25, 0.3) is 6.08 Å². The highest BCUT2D eigenvalue weighted by Gasteiger charge is 2.31. The predicted molar refractivity (Wildman–Crippen MR) is 93.4 cm³/mol. The van der Waals surface area contributed by atoms with Crippen LogP contribution < -0.4 is 4.72 Å². The Morgan fingerprint density at radius 1 is 1.25 bits per heavy atom. The molecule has 2 aromatic rings. The molecule has 0 saturated heterocycles. The summed E-state index contributed by atoms with van der Waals surface area (Å²) in [5.41, 5.74) is 1.00. The fourth-order valence-corrected chi connectivity index (χ4v) is 4.69. The summed E-state index contributed by atoms with van der Waals surface area (Å²) < 4.78 is 32.2. The molecular weight excluding hydrogens is 346 g/mol. The van der Waals surface area contributed by atoms with Gasteiger partial charge in [-0.05, 0) is 35.9 Å². The van der Waals surface area contributed by atoms with E-state index in [9.17, 15) is 13.2 Å². The highest BCUT2D eigenvalue weighted by atomic mass is 32.2. The summed E-state index contributed by atoms with van der Waals surface area (Å²) in [6, 6.07) is 11.1. The number of sulfonamides is 1. The Morgan fingerprint density at radius 3 is 2.71 bits per heavy atom. The monoisotopic (exact) mass is 363 g/mol. The van der Waals surface area contributed by atoms with E-state index in [0.717, 1.165) is 29.7 Å². The highest BCUT2D eigenvalue weighted by Crippen LogP contribution is 2.26. The van der Waals surface area contributed by atoms with Crippen LogP contribution in [0.3, 0.4) is 0 Å². The smallest absolute Gasteiger partial charge is 0.350 e. The molecule has 1 N–H and O–H groups in total. The fraction of sp³-hybridized carbons (Fsp3) is 0.235. The van der Waals surface area contributed by atoms with Crippen LogP contribution in [-0.2, 0) is 14.8 Å². The van der Waals surface area contributed by atoms with Gasteiger partial charge in [0.15, 0.2) is 0 Å². The Hall–Kier alpha value is -1.96. The first kappa shape index (κ1) is 16.9. The Kier molecular flexibility index (Phi) is 5.13. The van der Waals surface area contributed by atoms with Gasteiger partial charge in [0.05, 0.1) is 0 Å². The van der Waals surface area contributed by atoms with Gasteiger partial charge in [-0.15, -0.1) is 11.3 Å². The van der Waals surface area contributed by atoms with Crippen LogP contribution >= 0.6 is 11.3 Å². The standard InChI is InChI=1S/C17H17NO4S2/c19-17(22-11-4-7-13-5-2-1-3-6-13)16-15(10-12-23-16)24(20,21)18-14-8-9-14/h1-7,10,12,14,18H,8-9,11H2. The minimum Gasteiger partial charge on any atom is -0.457 e. The van der Waals surface area contributed by atoms with E-state index in [1.54, 1.807) is 11.5 Å². The predicted octanol–water partition coefficient (Wildman–Crippen LogP) is 3.06. The van der Waals surface area contributed by atoms with Crippen molar-refractivity contribution in [2.75, 3.05) is 6.61 Å². The third-order valence-electron chi connectivity index (χ3n) is 3.42. The fourth-order valence-electron chi connectivity index (χ4n) is 2.08. The molecule has 1 fully saturated rings. The van der Waals surface area contributed by atoms with Crippen LogP contribution in [0.1, 0.15) is 28.1 Å². The molecule has 0 spiro atoms. The van der Waals surface area contributed by atoms with Crippen molar-refractivity contribution in [2.24, 2.45) is 0 Å². The minimum atomic E-state index is -3.66. The molecule has 5 nitrogen and oxygen atoms in total. The normalized spacial score (nSPS) is 14.8. The van der Waals surface area contributed by atoms with Gasteiger partial charge in [-0.25, -0.2) is 17.9 Å². The highest BCUT2D eigenvalue weighted by molar-refractivity contribution is 7.89. The topological polar surface area (TPSA) is 72.5 Å². The average Bonchev–Trinajstić information content (AvgIpc) is 3.22. The van der Waals surface area contributed by atoms with E-state index in [0.29, 0.717) is 0 Å². The second-order valence-corrected chi connectivity index (χ2v) is 8.02. The van der Waals surface area contributed by atoms with E-state index < -0.39 is 16.0 Å². The molecule has 1 aromatic carbocycles. The van der Waals surface area contributed by atoms with Crippen LogP contribution in [-0.4, -0.2) is 27.0 Å². The summed E-state index contributed by atoms with van der Waals surface area (Å²) in [6.45, 7) is 0.0845. The van der Waals surface area contributed by atoms with Gasteiger partial charge in [-0.3, -0.25) is 0 Å². The number of hydrogen-bond acceptors (Lipinski definition) is 5. The van der Waals surface area contributed by atoms with Crippen LogP contribution in [0.15, 0.2) is 52.7 Å². The molecule has 1 saturated carbocycles. The van der Waals surface area contributed by atoms with Gasteiger partial charge in [0.2, 0.25) is 10.0 Å². The lowest BCUT2D eigenvalue weighted by atomic mass is 10.2. The molecule has 126 valence electrons. The molecule has 0 radical (unpaired) electrons. The molecule has 0 amide bonds. The van der Waals surface area contributed by atoms with E-state index in [1.165, 1.54) is 6.07 Å². The number of nitrogens with one attached hydrogen (secondary N) is 1. The quantitative estimate of drug-likeness (QED) is 0.768. The Morgan fingerprint density at radius 2 is 2.00 bits per heavy atom. The van der Waals surface area contributed by atoms with Gasteiger partial charge in [0, 0.05) is 6.04 Å². The van der Waals surface area contributed by atoms with Crippen molar-refractivity contribution in [1.82, 2.24) is 4.72 Å². The molecule has 24 heavy (non-hydrogen) atoms. The van der Waals surface area contributed by atoms with Crippen molar-refractivity contribution in [3.05, 3.63) is 58.3 Å². The number of carbonyl (C=O) groups is 1. The van der Waals surface area contributed by atoms with Gasteiger partial charge in [0.1, 0.15) is 16.4 Å². The third-order valence-corrected chi connectivity index (χ3v) is 6.01. The molecule has 1 aliphatic carbocycles. The van der Waals surface area contributed by atoms with Crippen molar-refractivity contribution in [2.45, 2.75) is 23.8 Å². The van der Waals surface area contributed by atoms with Crippen LogP contribution in [0, 0.1) is 0 Å². The van der Waals surface area contributed by atoms with Crippen molar-refractivity contribution in [3.63, 3.8) is 0 Å². The third kappa shape index (κ3) is 4.31. The number of thiophene rings is 1. The number of benzene rings is 1. The summed E-state index contributed by atoms with van der Waals surface area (Å²) in [6.07, 6.45) is 5.24. The van der Waals surface area contributed by atoms with E-state index in [-0.39, 0.29) is 22.4 Å². The van der Waals surface area contributed by atoms with Crippen LogP contribution in [0.5, 0.6) is 0 Å². The molecule has 0 bridgehead atoms. The van der Waals surface area contributed by atoms with Gasteiger partial charge in [0.25, 0.3) is 0 Å². The molecule has 0 aliphatic heterocycles. The van der Waals surface area contributed by atoms with Crippen molar-refractivity contribution >= 4 is 33.4 Å². The zero-order valence-electron chi connectivity index (χ0n) is 12.8. The SMILES string of the molecule is O=C(OCC=Cc1ccccc1)c1sccc1S(=O)(=O)NC1CC1. The van der Waals surface area contributed by atoms with Crippen molar-refractivity contribution in [1.29, 1.82) is 0 Å². The maximum Gasteiger partial charge on any atom is 0.350 e. The molecule has 0 unspecified atom stereocenters. The lowest BCUT2D eigenvalue weighted by molar-refractivity contribution is 0.0551. The van der Waals surface area contributed by atoms with E-state index in [4.69, 9.17) is 4.74 Å². The maximum atomic E-state index is 12.3. The number of rotatable bonds is 7. The lowest BCUT2D eigenvalue weighted by Gasteiger charge is -2.06. The zero-order chi connectivity index (χ0) is 17.0. The van der Waals surface area contributed by atoms with Gasteiger partial charge in [-0.1, -0.05) is 36.4 Å². The maximum absolute atomic E-state index is 12.3. The summed E-state index contributed by atoms with van der Waals surface area (Å²) in [4.78, 5) is 12.3. The summed E-state index contributed by atoms with van der Waals surface area (Å²) in [7, 11) is -3.66. The number of esters is 1. The van der Waals surface area contributed by atoms with Crippen LogP contribution in [0.4, 0.5) is 0 Å². The largest absolute Gasteiger partial charge is 0.457 e. The Labute approximate surface area is 145 Å². The first-order valence-corrected chi connectivity index (χ1v) is 9.91. The van der Waals surface area contributed by atoms with Gasteiger partial charge < -0.3 is 4.74 Å². The number of hydrogen-bond donors (Lipinski definition) is 1. The van der Waals surface area contributed by atoms with Crippen molar-refractivity contribution < 1.29 is 17.9 Å². The van der Waals surface area contributed by atoms with E-state index in [1.807, 2.05) is 36.4 Å². The average molecular weight is 363 g/mol. The molecule has 1 aromatic heterocycles. The molecule has 1 aliphatic rings. The Bertz CT molecular complexity index is 836. The summed E-state index contributed by atoms with van der Waals surface area (Å²) in [5, 5.41) is 1.58. The van der Waals surface area contributed by atoms with E-state index >= 15 is 0 Å². The molecule has 7 heteroatoms. The zero-order valence-corrected chi connectivity index (χ0v) is 14.5. The lowest BCUT2D eigenvalue weighted by Crippen LogP contribution is -2.26. The van der Waals surface area contributed by atoms with Crippen molar-refractivity contribution in [3.8, 4) is 0 Å². The molecular formula is C17H17NO4S2. The summed E-state index contributed by atoms with van der Waals surface area (Å²) in [5.74, 6) is -0.626.